The Bertz CT molecular complexity index is 161. The van der Waals surface area contributed by atoms with Crippen LogP contribution in [0.1, 0.15) is 38.5 Å². The number of rotatable bonds is 0. The van der Waals surface area contributed by atoms with Gasteiger partial charge in [-0.3, -0.25) is 4.79 Å². The first-order valence-corrected chi connectivity index (χ1v) is 4.57. The van der Waals surface area contributed by atoms with Gasteiger partial charge in [0.05, 0.1) is 5.92 Å². The summed E-state index contributed by atoms with van der Waals surface area (Å²) in [7, 11) is 0. The van der Waals surface area contributed by atoms with Gasteiger partial charge in [-0.2, -0.15) is 0 Å². The van der Waals surface area contributed by atoms with Gasteiger partial charge in [-0.1, -0.05) is 6.42 Å². The van der Waals surface area contributed by atoms with Crippen LogP contribution in [-0.2, 0) is 9.53 Å². The fourth-order valence-electron chi connectivity index (χ4n) is 2.05. The molecule has 3 fully saturated rings. The molecule has 0 radical (unpaired) electrons. The third kappa shape index (κ3) is 1.39. The lowest BCUT2D eigenvalue weighted by Crippen LogP contribution is -2.32. The van der Waals surface area contributed by atoms with E-state index in [4.69, 9.17) is 4.74 Å². The summed E-state index contributed by atoms with van der Waals surface area (Å²) in [5.74, 6) is 0.313. The van der Waals surface area contributed by atoms with Gasteiger partial charge in [0.2, 0.25) is 0 Å². The van der Waals surface area contributed by atoms with Crippen molar-refractivity contribution in [3.8, 4) is 0 Å². The van der Waals surface area contributed by atoms with Crippen LogP contribution in [0.15, 0.2) is 0 Å². The molecule has 3 aliphatic rings. The molecule has 2 heteroatoms. The van der Waals surface area contributed by atoms with Gasteiger partial charge in [-0.25, -0.2) is 0 Å². The summed E-state index contributed by atoms with van der Waals surface area (Å²) in [6.45, 7) is 0. The zero-order chi connectivity index (χ0) is 7.68. The molecule has 3 rings (SSSR count). The fourth-order valence-corrected chi connectivity index (χ4v) is 2.05. The second-order valence-electron chi connectivity index (χ2n) is 3.62. The van der Waals surface area contributed by atoms with Crippen molar-refractivity contribution in [2.24, 2.45) is 5.92 Å². The van der Waals surface area contributed by atoms with Gasteiger partial charge in [-0.15, -0.1) is 0 Å². The Morgan fingerprint density at radius 1 is 1.09 bits per heavy atom. The highest BCUT2D eigenvalue weighted by atomic mass is 16.5. The zero-order valence-electron chi connectivity index (χ0n) is 6.71. The first kappa shape index (κ1) is 7.14. The lowest BCUT2D eigenvalue weighted by molar-refractivity contribution is -0.162. The molecule has 2 bridgehead atoms. The van der Waals surface area contributed by atoms with E-state index in [-0.39, 0.29) is 18.0 Å². The molecular formula is C9H14O2. The standard InChI is InChI=1S/C9H14O2/c10-9-7-3-1-2-4-8(11-9)6-5-7/h7-8H,1-6H2. The molecule has 0 spiro atoms. The monoisotopic (exact) mass is 154 g/mol. The van der Waals surface area contributed by atoms with E-state index in [0.29, 0.717) is 0 Å². The molecule has 2 heterocycles. The summed E-state index contributed by atoms with van der Waals surface area (Å²) >= 11 is 0. The van der Waals surface area contributed by atoms with Crippen LogP contribution in [0.2, 0.25) is 0 Å². The largest absolute Gasteiger partial charge is 0.462 e. The lowest BCUT2D eigenvalue weighted by atomic mass is 9.87. The highest BCUT2D eigenvalue weighted by Gasteiger charge is 2.31. The van der Waals surface area contributed by atoms with E-state index in [1.165, 1.54) is 12.8 Å². The zero-order valence-corrected chi connectivity index (χ0v) is 6.71. The minimum atomic E-state index is 0.0703. The first-order chi connectivity index (χ1) is 5.36. The Morgan fingerprint density at radius 2 is 1.91 bits per heavy atom. The van der Waals surface area contributed by atoms with Gasteiger partial charge in [0, 0.05) is 0 Å². The Morgan fingerprint density at radius 3 is 2.73 bits per heavy atom. The average molecular weight is 154 g/mol. The molecule has 11 heavy (non-hydrogen) atoms. The van der Waals surface area contributed by atoms with Gasteiger partial charge in [0.15, 0.2) is 0 Å². The normalized spacial score (nSPS) is 37.6. The topological polar surface area (TPSA) is 26.3 Å². The van der Waals surface area contributed by atoms with Crippen molar-refractivity contribution in [1.82, 2.24) is 0 Å². The Kier molecular flexibility index (Phi) is 1.84. The minimum absolute atomic E-state index is 0.0703. The van der Waals surface area contributed by atoms with Crippen LogP contribution >= 0.6 is 0 Å². The molecule has 2 atom stereocenters. The molecule has 0 aromatic carbocycles. The summed E-state index contributed by atoms with van der Waals surface area (Å²) in [5, 5.41) is 0. The molecule has 2 nitrogen and oxygen atoms in total. The molecule has 0 aromatic heterocycles. The van der Waals surface area contributed by atoms with Crippen molar-refractivity contribution in [1.29, 1.82) is 0 Å². The molecule has 0 N–H and O–H groups in total. The Balaban J connectivity index is 2.07. The van der Waals surface area contributed by atoms with Crippen LogP contribution in [0.25, 0.3) is 0 Å². The summed E-state index contributed by atoms with van der Waals surface area (Å²) in [6, 6.07) is 0. The molecule has 1 aliphatic carbocycles. The molecule has 1 saturated carbocycles. The predicted octanol–water partition coefficient (Wildman–Crippen LogP) is 1.88. The van der Waals surface area contributed by atoms with Gasteiger partial charge in [-0.05, 0) is 32.1 Å². The van der Waals surface area contributed by atoms with E-state index in [2.05, 4.69) is 0 Å². The van der Waals surface area contributed by atoms with Gasteiger partial charge < -0.3 is 4.74 Å². The van der Waals surface area contributed by atoms with E-state index < -0.39 is 0 Å². The second kappa shape index (κ2) is 2.84. The van der Waals surface area contributed by atoms with Crippen molar-refractivity contribution < 1.29 is 9.53 Å². The Hall–Kier alpha value is -0.530. The number of carbonyl (C=O) groups is 1. The maximum absolute atomic E-state index is 11.2. The van der Waals surface area contributed by atoms with E-state index in [1.54, 1.807) is 0 Å². The average Bonchev–Trinajstić information content (AvgIpc) is 1.92. The van der Waals surface area contributed by atoms with Crippen LogP contribution in [-0.4, -0.2) is 12.1 Å². The SMILES string of the molecule is O=C1OC2CCCCC1CC2. The Labute approximate surface area is 66.9 Å². The van der Waals surface area contributed by atoms with Crippen LogP contribution < -0.4 is 0 Å². The van der Waals surface area contributed by atoms with Crippen molar-refractivity contribution in [3.05, 3.63) is 0 Å². The van der Waals surface area contributed by atoms with E-state index in [1.807, 2.05) is 0 Å². The fraction of sp³-hybridized carbons (Fsp3) is 0.889. The van der Waals surface area contributed by atoms with Crippen molar-refractivity contribution in [2.45, 2.75) is 44.6 Å². The lowest BCUT2D eigenvalue weighted by Gasteiger charge is -2.30. The molecule has 2 saturated heterocycles. The molecule has 2 unspecified atom stereocenters. The van der Waals surface area contributed by atoms with Crippen molar-refractivity contribution in [3.63, 3.8) is 0 Å². The minimum Gasteiger partial charge on any atom is -0.462 e. The van der Waals surface area contributed by atoms with E-state index >= 15 is 0 Å². The van der Waals surface area contributed by atoms with Crippen LogP contribution in [0.4, 0.5) is 0 Å². The quantitative estimate of drug-likeness (QED) is 0.498. The highest BCUT2D eigenvalue weighted by Crippen LogP contribution is 2.30. The van der Waals surface area contributed by atoms with Crippen molar-refractivity contribution in [2.75, 3.05) is 0 Å². The van der Waals surface area contributed by atoms with Crippen molar-refractivity contribution >= 4 is 5.97 Å². The maximum Gasteiger partial charge on any atom is 0.309 e. The molecule has 0 aromatic rings. The second-order valence-corrected chi connectivity index (χ2v) is 3.62. The molecule has 0 amide bonds. The number of carbonyl (C=O) groups excluding carboxylic acids is 1. The summed E-state index contributed by atoms with van der Waals surface area (Å²) in [6.07, 6.45) is 7.06. The molecular weight excluding hydrogens is 140 g/mol. The summed E-state index contributed by atoms with van der Waals surface area (Å²) in [5.41, 5.74) is 0. The van der Waals surface area contributed by atoms with Crippen LogP contribution in [0.5, 0.6) is 0 Å². The number of hydrogen-bond acceptors (Lipinski definition) is 2. The maximum atomic E-state index is 11.2. The number of hydrogen-bond donors (Lipinski definition) is 0. The molecule has 2 aliphatic heterocycles. The first-order valence-electron chi connectivity index (χ1n) is 4.57. The predicted molar refractivity (Wildman–Crippen MR) is 41.1 cm³/mol. The third-order valence-corrected chi connectivity index (χ3v) is 2.78. The number of ether oxygens (including phenoxy) is 1. The molecule has 62 valence electrons. The van der Waals surface area contributed by atoms with Crippen LogP contribution in [0, 0.1) is 5.92 Å². The third-order valence-electron chi connectivity index (χ3n) is 2.78. The smallest absolute Gasteiger partial charge is 0.309 e. The van der Waals surface area contributed by atoms with E-state index in [0.717, 1.165) is 25.7 Å². The number of esters is 1. The van der Waals surface area contributed by atoms with Gasteiger partial charge >= 0.3 is 5.97 Å². The highest BCUT2D eigenvalue weighted by molar-refractivity contribution is 5.73. The van der Waals surface area contributed by atoms with Crippen LogP contribution in [0.3, 0.4) is 0 Å². The summed E-state index contributed by atoms with van der Waals surface area (Å²) < 4.78 is 5.25. The summed E-state index contributed by atoms with van der Waals surface area (Å²) in [4.78, 5) is 11.2. The van der Waals surface area contributed by atoms with E-state index in [9.17, 15) is 4.79 Å². The van der Waals surface area contributed by atoms with Gasteiger partial charge in [0.1, 0.15) is 6.10 Å². The van der Waals surface area contributed by atoms with Gasteiger partial charge in [0.25, 0.3) is 0 Å². The number of fused-ring (bicyclic) bond motifs is 5.